The Bertz CT molecular complexity index is 809. The van der Waals surface area contributed by atoms with Crippen LogP contribution in [0.25, 0.3) is 21.9 Å². The molecule has 0 spiro atoms. The van der Waals surface area contributed by atoms with Crippen molar-refractivity contribution in [1.82, 2.24) is 0 Å². The van der Waals surface area contributed by atoms with Gasteiger partial charge in [0.25, 0.3) is 0 Å². The van der Waals surface area contributed by atoms with E-state index in [-0.39, 0.29) is 0 Å². The van der Waals surface area contributed by atoms with Crippen LogP contribution in [0, 0.1) is 0 Å². The summed E-state index contributed by atoms with van der Waals surface area (Å²) >= 11 is 0. The molecule has 0 bridgehead atoms. The van der Waals surface area contributed by atoms with E-state index in [1.54, 1.807) is 0 Å². The van der Waals surface area contributed by atoms with Gasteiger partial charge in [-0.1, -0.05) is 62.4 Å². The highest BCUT2D eigenvalue weighted by atomic mass is 14.2. The first-order valence-electron chi connectivity index (χ1n) is 7.37. The van der Waals surface area contributed by atoms with Crippen LogP contribution in [0.1, 0.15) is 36.5 Å². The molecular formula is C20H18. The number of hydrogen-bond donors (Lipinski definition) is 0. The van der Waals surface area contributed by atoms with Gasteiger partial charge in [-0.25, -0.2) is 0 Å². The summed E-state index contributed by atoms with van der Waals surface area (Å²) in [6.45, 7) is 4.52. The Morgan fingerprint density at radius 2 is 1.45 bits per heavy atom. The molecular weight excluding hydrogens is 240 g/mol. The van der Waals surface area contributed by atoms with Crippen molar-refractivity contribution in [3.05, 3.63) is 71.3 Å². The number of rotatable bonds is 1. The van der Waals surface area contributed by atoms with E-state index >= 15 is 0 Å². The lowest BCUT2D eigenvalue weighted by atomic mass is 9.96. The topological polar surface area (TPSA) is 0 Å². The summed E-state index contributed by atoms with van der Waals surface area (Å²) < 4.78 is 0. The van der Waals surface area contributed by atoms with Gasteiger partial charge in [0.05, 0.1) is 0 Å². The Kier molecular flexibility index (Phi) is 2.47. The average Bonchev–Trinajstić information content (AvgIpc) is 2.81. The Morgan fingerprint density at radius 3 is 2.20 bits per heavy atom. The fourth-order valence-electron chi connectivity index (χ4n) is 3.25. The summed E-state index contributed by atoms with van der Waals surface area (Å²) in [7, 11) is 0. The number of fused-ring (bicyclic) bond motifs is 4. The van der Waals surface area contributed by atoms with Crippen molar-refractivity contribution in [3.63, 3.8) is 0 Å². The van der Waals surface area contributed by atoms with Gasteiger partial charge in [0.15, 0.2) is 0 Å². The zero-order valence-electron chi connectivity index (χ0n) is 12.0. The third-order valence-electron chi connectivity index (χ3n) is 4.44. The fraction of sp³-hybridized carbons (Fsp3) is 0.200. The van der Waals surface area contributed by atoms with Crippen molar-refractivity contribution in [2.75, 3.05) is 0 Å². The van der Waals surface area contributed by atoms with E-state index < -0.39 is 0 Å². The first-order chi connectivity index (χ1) is 9.72. The van der Waals surface area contributed by atoms with E-state index in [1.807, 2.05) is 0 Å². The molecule has 1 aliphatic rings. The monoisotopic (exact) mass is 258 g/mol. The van der Waals surface area contributed by atoms with Crippen molar-refractivity contribution in [1.29, 1.82) is 0 Å². The highest BCUT2D eigenvalue weighted by molar-refractivity contribution is 5.91. The highest BCUT2D eigenvalue weighted by Crippen LogP contribution is 2.40. The summed E-state index contributed by atoms with van der Waals surface area (Å²) in [4.78, 5) is 0. The van der Waals surface area contributed by atoms with Gasteiger partial charge in [0.2, 0.25) is 0 Å². The number of benzene rings is 3. The molecule has 0 amide bonds. The minimum absolute atomic E-state index is 0.588. The van der Waals surface area contributed by atoms with E-state index in [0.29, 0.717) is 5.92 Å². The molecule has 3 aromatic rings. The van der Waals surface area contributed by atoms with E-state index in [0.717, 1.165) is 6.42 Å². The lowest BCUT2D eigenvalue weighted by Gasteiger charge is -2.09. The maximum atomic E-state index is 2.39. The molecule has 0 nitrogen and oxygen atoms in total. The molecule has 0 aromatic heterocycles. The van der Waals surface area contributed by atoms with Crippen molar-refractivity contribution >= 4 is 10.8 Å². The van der Waals surface area contributed by atoms with E-state index in [9.17, 15) is 0 Å². The van der Waals surface area contributed by atoms with Gasteiger partial charge in [-0.15, -0.1) is 0 Å². The summed E-state index contributed by atoms with van der Waals surface area (Å²) in [5.41, 5.74) is 7.25. The van der Waals surface area contributed by atoms with Gasteiger partial charge >= 0.3 is 0 Å². The van der Waals surface area contributed by atoms with Gasteiger partial charge in [0, 0.05) is 0 Å². The van der Waals surface area contributed by atoms with Crippen LogP contribution in [0.5, 0.6) is 0 Å². The molecule has 4 rings (SSSR count). The van der Waals surface area contributed by atoms with Crippen LogP contribution in [0.4, 0.5) is 0 Å². The molecule has 0 N–H and O–H groups in total. The predicted molar refractivity (Wildman–Crippen MR) is 86.3 cm³/mol. The molecule has 0 fully saturated rings. The summed E-state index contributed by atoms with van der Waals surface area (Å²) in [5, 5.41) is 2.69. The average molecular weight is 258 g/mol. The Labute approximate surface area is 120 Å². The maximum Gasteiger partial charge on any atom is -0.00132 e. The van der Waals surface area contributed by atoms with E-state index in [4.69, 9.17) is 0 Å². The second kappa shape index (κ2) is 4.21. The molecule has 0 unspecified atom stereocenters. The third-order valence-corrected chi connectivity index (χ3v) is 4.44. The second-order valence-corrected chi connectivity index (χ2v) is 6.10. The minimum Gasteiger partial charge on any atom is -0.0616 e. The minimum atomic E-state index is 0.588. The zero-order chi connectivity index (χ0) is 13.7. The molecule has 0 radical (unpaired) electrons. The largest absolute Gasteiger partial charge is 0.0616 e. The quantitative estimate of drug-likeness (QED) is 0.421. The van der Waals surface area contributed by atoms with Crippen molar-refractivity contribution < 1.29 is 0 Å². The molecule has 0 atom stereocenters. The summed E-state index contributed by atoms with van der Waals surface area (Å²) in [6.07, 6.45) is 1.08. The summed E-state index contributed by atoms with van der Waals surface area (Å²) in [5.74, 6) is 0.588. The Morgan fingerprint density at radius 1 is 0.750 bits per heavy atom. The summed E-state index contributed by atoms with van der Waals surface area (Å²) in [6, 6.07) is 20.4. The lowest BCUT2D eigenvalue weighted by Crippen LogP contribution is -1.89. The van der Waals surface area contributed by atoms with Crippen LogP contribution >= 0.6 is 0 Å². The fourth-order valence-corrected chi connectivity index (χ4v) is 3.25. The maximum absolute atomic E-state index is 2.39. The molecule has 0 aliphatic heterocycles. The molecule has 0 saturated carbocycles. The lowest BCUT2D eigenvalue weighted by molar-refractivity contribution is 0.866. The van der Waals surface area contributed by atoms with Crippen LogP contribution < -0.4 is 0 Å². The van der Waals surface area contributed by atoms with Crippen molar-refractivity contribution in [3.8, 4) is 11.1 Å². The molecule has 1 aliphatic carbocycles. The van der Waals surface area contributed by atoms with Crippen LogP contribution in [-0.2, 0) is 6.42 Å². The standard InChI is InChI=1S/C20H18/c1-13(2)14-7-8-17-10-18-9-15-5-3-4-6-16(15)12-20(18)19(17)11-14/h3-9,11-13H,10H2,1-2H3. The first-order valence-corrected chi connectivity index (χ1v) is 7.37. The smallest absolute Gasteiger partial charge is 0.00132 e. The van der Waals surface area contributed by atoms with Crippen molar-refractivity contribution in [2.24, 2.45) is 0 Å². The van der Waals surface area contributed by atoms with Crippen LogP contribution in [0.3, 0.4) is 0 Å². The van der Waals surface area contributed by atoms with Gasteiger partial charge < -0.3 is 0 Å². The van der Waals surface area contributed by atoms with Gasteiger partial charge in [-0.3, -0.25) is 0 Å². The second-order valence-electron chi connectivity index (χ2n) is 6.10. The molecule has 20 heavy (non-hydrogen) atoms. The first kappa shape index (κ1) is 11.7. The highest BCUT2D eigenvalue weighted by Gasteiger charge is 2.19. The van der Waals surface area contributed by atoms with Gasteiger partial charge in [0.1, 0.15) is 0 Å². The third kappa shape index (κ3) is 1.68. The van der Waals surface area contributed by atoms with Gasteiger partial charge in [-0.05, 0) is 57.0 Å². The Hall–Kier alpha value is -2.08. The molecule has 0 saturated heterocycles. The molecule has 98 valence electrons. The normalized spacial score (nSPS) is 12.8. The SMILES string of the molecule is CC(C)c1ccc2c(c1)-c1cc3ccccc3cc1C2. The zero-order valence-corrected chi connectivity index (χ0v) is 12.0. The Balaban J connectivity index is 1.96. The van der Waals surface area contributed by atoms with E-state index in [1.165, 1.54) is 38.6 Å². The predicted octanol–water partition coefficient (Wildman–Crippen LogP) is 5.53. The van der Waals surface area contributed by atoms with Gasteiger partial charge in [-0.2, -0.15) is 0 Å². The number of hydrogen-bond acceptors (Lipinski definition) is 0. The van der Waals surface area contributed by atoms with Crippen molar-refractivity contribution in [2.45, 2.75) is 26.2 Å². The van der Waals surface area contributed by atoms with Crippen LogP contribution in [0.2, 0.25) is 0 Å². The molecule has 0 heterocycles. The van der Waals surface area contributed by atoms with E-state index in [2.05, 4.69) is 68.4 Å². The van der Waals surface area contributed by atoms with Crippen LogP contribution in [0.15, 0.2) is 54.6 Å². The van der Waals surface area contributed by atoms with Crippen LogP contribution in [-0.4, -0.2) is 0 Å². The molecule has 0 heteroatoms. The molecule has 3 aromatic carbocycles.